The summed E-state index contributed by atoms with van der Waals surface area (Å²) in [7, 11) is 1.58. The van der Waals surface area contributed by atoms with Crippen LogP contribution in [0.3, 0.4) is 0 Å². The van der Waals surface area contributed by atoms with E-state index in [0.717, 1.165) is 5.56 Å². The molecular weight excluding hydrogens is 382 g/mol. The number of carbonyl (C=O) groups is 3. The van der Waals surface area contributed by atoms with Gasteiger partial charge in [0.2, 0.25) is 5.91 Å². The molecule has 7 nitrogen and oxygen atoms in total. The van der Waals surface area contributed by atoms with Gasteiger partial charge < -0.3 is 19.4 Å². The second-order valence-corrected chi connectivity index (χ2v) is 7.74. The minimum Gasteiger partial charge on any atom is -0.497 e. The van der Waals surface area contributed by atoms with Gasteiger partial charge in [-0.2, -0.15) is 0 Å². The zero-order valence-electron chi connectivity index (χ0n) is 17.0. The summed E-state index contributed by atoms with van der Waals surface area (Å²) in [5.74, 6) is -0.199. The summed E-state index contributed by atoms with van der Waals surface area (Å²) >= 11 is 0. The van der Waals surface area contributed by atoms with Gasteiger partial charge in [0.15, 0.2) is 0 Å². The molecule has 156 valence electrons. The second-order valence-electron chi connectivity index (χ2n) is 7.74. The van der Waals surface area contributed by atoms with Crippen molar-refractivity contribution in [2.45, 2.75) is 13.0 Å². The summed E-state index contributed by atoms with van der Waals surface area (Å²) in [5.41, 5.74) is 1.77. The van der Waals surface area contributed by atoms with E-state index in [1.165, 1.54) is 4.90 Å². The summed E-state index contributed by atoms with van der Waals surface area (Å²) in [4.78, 5) is 42.7. The Kier molecular flexibility index (Phi) is 5.70. The van der Waals surface area contributed by atoms with Crippen molar-refractivity contribution in [2.24, 2.45) is 5.92 Å². The van der Waals surface area contributed by atoms with E-state index in [2.05, 4.69) is 0 Å². The molecule has 0 N–H and O–H groups in total. The monoisotopic (exact) mass is 407 g/mol. The van der Waals surface area contributed by atoms with E-state index in [1.807, 2.05) is 35.2 Å². The van der Waals surface area contributed by atoms with Crippen LogP contribution < -0.4 is 9.64 Å². The molecule has 0 aliphatic carbocycles. The molecule has 3 amide bonds. The number of nitrogens with zero attached hydrogens (tertiary/aromatic N) is 3. The van der Waals surface area contributed by atoms with Crippen LogP contribution in [-0.2, 0) is 20.9 Å². The van der Waals surface area contributed by atoms with Crippen LogP contribution in [0.4, 0.5) is 5.69 Å². The van der Waals surface area contributed by atoms with Crippen molar-refractivity contribution in [3.63, 3.8) is 0 Å². The Bertz CT molecular complexity index is 929. The SMILES string of the molecule is COc1ccc(N2CCN(CC3CC(=O)N(Cc4ccccc4)C3)C(=O)C2=O)cc1. The molecule has 0 spiro atoms. The van der Waals surface area contributed by atoms with Crippen molar-refractivity contribution in [2.75, 3.05) is 38.2 Å². The molecule has 2 saturated heterocycles. The maximum Gasteiger partial charge on any atom is 0.316 e. The lowest BCUT2D eigenvalue weighted by Crippen LogP contribution is -2.55. The number of hydrogen-bond acceptors (Lipinski definition) is 4. The minimum atomic E-state index is -0.531. The molecule has 1 atom stereocenters. The van der Waals surface area contributed by atoms with Gasteiger partial charge in [0.05, 0.1) is 7.11 Å². The molecular formula is C23H25N3O4. The molecule has 2 aromatic carbocycles. The van der Waals surface area contributed by atoms with Crippen molar-refractivity contribution in [1.29, 1.82) is 0 Å². The summed E-state index contributed by atoms with van der Waals surface area (Å²) < 4.78 is 5.14. The first-order valence-electron chi connectivity index (χ1n) is 10.1. The highest BCUT2D eigenvalue weighted by molar-refractivity contribution is 6.41. The lowest BCUT2D eigenvalue weighted by molar-refractivity contribution is -0.146. The number of piperazine rings is 1. The zero-order chi connectivity index (χ0) is 21.1. The van der Waals surface area contributed by atoms with Crippen LogP contribution in [-0.4, -0.2) is 60.8 Å². The van der Waals surface area contributed by atoms with Gasteiger partial charge in [0.1, 0.15) is 5.75 Å². The lowest BCUT2D eigenvalue weighted by Gasteiger charge is -2.35. The zero-order valence-corrected chi connectivity index (χ0v) is 17.0. The molecule has 2 aromatic rings. The average Bonchev–Trinajstić information content (AvgIpc) is 3.11. The Morgan fingerprint density at radius 3 is 2.33 bits per heavy atom. The van der Waals surface area contributed by atoms with E-state index in [0.29, 0.717) is 50.6 Å². The van der Waals surface area contributed by atoms with Crippen LogP contribution in [0.25, 0.3) is 0 Å². The van der Waals surface area contributed by atoms with Crippen molar-refractivity contribution in [3.8, 4) is 5.75 Å². The van der Waals surface area contributed by atoms with Gasteiger partial charge in [-0.25, -0.2) is 0 Å². The van der Waals surface area contributed by atoms with E-state index >= 15 is 0 Å². The first-order chi connectivity index (χ1) is 14.5. The summed E-state index contributed by atoms with van der Waals surface area (Å²) in [5, 5.41) is 0. The molecule has 2 fully saturated rings. The van der Waals surface area contributed by atoms with E-state index in [9.17, 15) is 14.4 Å². The second kappa shape index (κ2) is 8.57. The van der Waals surface area contributed by atoms with Gasteiger partial charge in [-0.05, 0) is 29.8 Å². The predicted octanol–water partition coefficient (Wildman–Crippen LogP) is 1.92. The number of carbonyl (C=O) groups excluding carboxylic acids is 3. The molecule has 0 saturated carbocycles. The van der Waals surface area contributed by atoms with Crippen molar-refractivity contribution in [1.82, 2.24) is 9.80 Å². The Labute approximate surface area is 175 Å². The predicted molar refractivity (Wildman–Crippen MR) is 112 cm³/mol. The fourth-order valence-electron chi connectivity index (χ4n) is 4.10. The van der Waals surface area contributed by atoms with E-state index in [1.54, 1.807) is 36.3 Å². The molecule has 1 unspecified atom stereocenters. The van der Waals surface area contributed by atoms with Gasteiger partial charge in [0.25, 0.3) is 0 Å². The highest BCUT2D eigenvalue weighted by atomic mass is 16.5. The normalized spacial score (nSPS) is 19.6. The highest BCUT2D eigenvalue weighted by Gasteiger charge is 2.37. The molecule has 0 bridgehead atoms. The topological polar surface area (TPSA) is 70.2 Å². The van der Waals surface area contributed by atoms with Crippen LogP contribution in [0.5, 0.6) is 5.75 Å². The van der Waals surface area contributed by atoms with E-state index in [4.69, 9.17) is 4.74 Å². The Morgan fingerprint density at radius 1 is 0.900 bits per heavy atom. The fraction of sp³-hybridized carbons (Fsp3) is 0.348. The van der Waals surface area contributed by atoms with Crippen LogP contribution in [0.15, 0.2) is 54.6 Å². The quantitative estimate of drug-likeness (QED) is 0.686. The standard InChI is InChI=1S/C23H25N3O4/c1-30-20-9-7-19(8-10-20)26-12-11-24(22(28)23(26)29)15-18-13-21(27)25(16-18)14-17-5-3-2-4-6-17/h2-10,18H,11-16H2,1H3. The van der Waals surface area contributed by atoms with Crippen LogP contribution >= 0.6 is 0 Å². The number of anilines is 1. The Morgan fingerprint density at radius 2 is 1.63 bits per heavy atom. The molecule has 30 heavy (non-hydrogen) atoms. The van der Waals surface area contributed by atoms with Crippen molar-refractivity contribution in [3.05, 3.63) is 60.2 Å². The number of likely N-dealkylation sites (tertiary alicyclic amines) is 1. The molecule has 0 aromatic heterocycles. The van der Waals surface area contributed by atoms with Gasteiger partial charge in [-0.3, -0.25) is 14.4 Å². The Balaban J connectivity index is 1.35. The summed E-state index contributed by atoms with van der Waals surface area (Å²) in [6.45, 7) is 2.51. The molecule has 0 radical (unpaired) electrons. The third kappa shape index (κ3) is 4.15. The fourth-order valence-corrected chi connectivity index (χ4v) is 4.10. The van der Waals surface area contributed by atoms with E-state index in [-0.39, 0.29) is 11.8 Å². The third-order valence-corrected chi connectivity index (χ3v) is 5.68. The number of benzene rings is 2. The average molecular weight is 407 g/mol. The lowest BCUT2D eigenvalue weighted by atomic mass is 10.1. The number of amides is 3. The molecule has 2 aliphatic rings. The van der Waals surface area contributed by atoms with Crippen molar-refractivity contribution >= 4 is 23.4 Å². The summed E-state index contributed by atoms with van der Waals surface area (Å²) in [6, 6.07) is 17.0. The summed E-state index contributed by atoms with van der Waals surface area (Å²) in [6.07, 6.45) is 0.410. The number of rotatable bonds is 6. The van der Waals surface area contributed by atoms with Crippen molar-refractivity contribution < 1.29 is 19.1 Å². The maximum absolute atomic E-state index is 12.7. The highest BCUT2D eigenvalue weighted by Crippen LogP contribution is 2.24. The molecule has 4 rings (SSSR count). The first kappa shape index (κ1) is 19.9. The smallest absolute Gasteiger partial charge is 0.316 e. The van der Waals surface area contributed by atoms with Crippen LogP contribution in [0.2, 0.25) is 0 Å². The van der Waals surface area contributed by atoms with E-state index < -0.39 is 11.8 Å². The van der Waals surface area contributed by atoms with Gasteiger partial charge in [0, 0.05) is 50.7 Å². The third-order valence-electron chi connectivity index (χ3n) is 5.68. The van der Waals surface area contributed by atoms with Gasteiger partial charge >= 0.3 is 11.8 Å². The number of ether oxygens (including phenoxy) is 1. The molecule has 7 heteroatoms. The molecule has 2 aliphatic heterocycles. The van der Waals surface area contributed by atoms with Gasteiger partial charge in [-0.1, -0.05) is 30.3 Å². The van der Waals surface area contributed by atoms with Gasteiger partial charge in [-0.15, -0.1) is 0 Å². The number of methoxy groups -OCH3 is 1. The first-order valence-corrected chi connectivity index (χ1v) is 10.1. The minimum absolute atomic E-state index is 0.0468. The van der Waals surface area contributed by atoms with Crippen LogP contribution in [0.1, 0.15) is 12.0 Å². The number of hydrogen-bond donors (Lipinski definition) is 0. The molecule has 2 heterocycles. The van der Waals surface area contributed by atoms with Crippen LogP contribution in [0, 0.1) is 5.92 Å². The maximum atomic E-state index is 12.7. The largest absolute Gasteiger partial charge is 0.497 e. The Hall–Kier alpha value is -3.35.